The topological polar surface area (TPSA) is 79.5 Å². The second kappa shape index (κ2) is 7.46. The maximum atomic E-state index is 12.6. The summed E-state index contributed by atoms with van der Waals surface area (Å²) in [5.41, 5.74) is -1.87. The van der Waals surface area contributed by atoms with Gasteiger partial charge in [0.15, 0.2) is 6.61 Å². The van der Waals surface area contributed by atoms with Crippen molar-refractivity contribution in [3.63, 3.8) is 0 Å². The molecule has 0 saturated carbocycles. The number of esters is 1. The molecule has 2 aromatic rings. The molecule has 10 heteroatoms. The van der Waals surface area contributed by atoms with Gasteiger partial charge in [0.2, 0.25) is 0 Å². The molecule has 0 atom stereocenters. The van der Waals surface area contributed by atoms with Crippen LogP contribution in [0, 0.1) is 0 Å². The van der Waals surface area contributed by atoms with Crippen LogP contribution in [0.1, 0.15) is 11.3 Å². The second-order valence-corrected chi connectivity index (χ2v) is 5.35. The summed E-state index contributed by atoms with van der Waals surface area (Å²) in [6.45, 7) is -0.979. The van der Waals surface area contributed by atoms with Gasteiger partial charge in [0.1, 0.15) is 12.4 Å². The van der Waals surface area contributed by atoms with Crippen LogP contribution >= 0.6 is 0 Å². The van der Waals surface area contributed by atoms with Crippen LogP contribution in [0.4, 0.5) is 13.2 Å². The highest BCUT2D eigenvalue weighted by Gasteiger charge is 2.30. The number of benzene rings is 1. The summed E-state index contributed by atoms with van der Waals surface area (Å²) in [4.78, 5) is 35.0. The fourth-order valence-corrected chi connectivity index (χ4v) is 2.02. The lowest BCUT2D eigenvalue weighted by atomic mass is 10.2. The summed E-state index contributed by atoms with van der Waals surface area (Å²) in [6.07, 6.45) is -4.52. The molecule has 1 heterocycles. The van der Waals surface area contributed by atoms with Crippen molar-refractivity contribution in [2.75, 3.05) is 6.61 Å². The van der Waals surface area contributed by atoms with Crippen LogP contribution in [0.5, 0.6) is 5.75 Å². The Kier molecular flexibility index (Phi) is 5.53. The molecule has 0 unspecified atom stereocenters. The Bertz CT molecular complexity index is 931. The third-order valence-electron chi connectivity index (χ3n) is 3.52. The van der Waals surface area contributed by atoms with Crippen molar-refractivity contribution in [3.8, 4) is 5.75 Å². The molecular formula is C16H15F3N2O5. The lowest BCUT2D eigenvalue weighted by molar-refractivity contribution is -0.147. The van der Waals surface area contributed by atoms with Gasteiger partial charge in [-0.25, -0.2) is 9.59 Å². The summed E-state index contributed by atoms with van der Waals surface area (Å²) < 4.78 is 49.7. The monoisotopic (exact) mass is 372 g/mol. The molecule has 0 spiro atoms. The van der Waals surface area contributed by atoms with E-state index < -0.39 is 35.6 Å². The molecule has 0 aliphatic rings. The van der Waals surface area contributed by atoms with E-state index in [1.54, 1.807) is 0 Å². The molecule has 0 amide bonds. The molecule has 7 nitrogen and oxygen atoms in total. The van der Waals surface area contributed by atoms with Crippen molar-refractivity contribution in [3.05, 3.63) is 62.4 Å². The fraction of sp³-hybridized carbons (Fsp3) is 0.312. The number of hydrogen-bond acceptors (Lipinski definition) is 5. The highest BCUT2D eigenvalue weighted by Crippen LogP contribution is 2.31. The van der Waals surface area contributed by atoms with E-state index in [1.165, 1.54) is 20.2 Å². The molecule has 0 N–H and O–H groups in total. The lowest BCUT2D eigenvalue weighted by Gasteiger charge is -2.11. The number of aromatic nitrogens is 2. The molecular weight excluding hydrogens is 357 g/mol. The van der Waals surface area contributed by atoms with Crippen LogP contribution in [0.3, 0.4) is 0 Å². The van der Waals surface area contributed by atoms with Crippen LogP contribution in [0.2, 0.25) is 0 Å². The number of halogens is 3. The van der Waals surface area contributed by atoms with Gasteiger partial charge in [-0.3, -0.25) is 13.9 Å². The molecule has 1 aromatic heterocycles. The normalized spacial score (nSPS) is 11.3. The first-order chi connectivity index (χ1) is 12.1. The van der Waals surface area contributed by atoms with Crippen molar-refractivity contribution in [1.82, 2.24) is 9.13 Å². The molecule has 1 aromatic carbocycles. The maximum Gasteiger partial charge on any atom is 0.416 e. The molecule has 0 aliphatic heterocycles. The SMILES string of the molecule is Cn1c(COC(=O)COc2cccc(C(F)(F)F)c2)cc(=O)n(C)c1=O. The highest BCUT2D eigenvalue weighted by atomic mass is 19.4. The van der Waals surface area contributed by atoms with Crippen LogP contribution in [-0.4, -0.2) is 21.7 Å². The van der Waals surface area contributed by atoms with Gasteiger partial charge in [0, 0.05) is 20.2 Å². The van der Waals surface area contributed by atoms with Crippen LogP contribution in [-0.2, 0) is 36.4 Å². The van der Waals surface area contributed by atoms with Gasteiger partial charge in [-0.05, 0) is 18.2 Å². The second-order valence-electron chi connectivity index (χ2n) is 5.35. The minimum atomic E-state index is -4.52. The molecule has 0 radical (unpaired) electrons. The zero-order valence-corrected chi connectivity index (χ0v) is 13.9. The molecule has 140 valence electrons. The van der Waals surface area contributed by atoms with E-state index in [9.17, 15) is 27.6 Å². The number of nitrogens with zero attached hydrogens (tertiary/aromatic N) is 2. The van der Waals surface area contributed by atoms with Crippen molar-refractivity contribution in [1.29, 1.82) is 0 Å². The smallest absolute Gasteiger partial charge is 0.416 e. The van der Waals surface area contributed by atoms with E-state index in [0.29, 0.717) is 0 Å². The Morgan fingerprint density at radius 2 is 1.81 bits per heavy atom. The number of carbonyl (C=O) groups excluding carboxylic acids is 1. The molecule has 26 heavy (non-hydrogen) atoms. The number of alkyl halides is 3. The minimum absolute atomic E-state index is 0.141. The first-order valence-electron chi connectivity index (χ1n) is 7.31. The Labute approximate surface area is 145 Å². The van der Waals surface area contributed by atoms with Gasteiger partial charge in [-0.1, -0.05) is 6.07 Å². The third kappa shape index (κ3) is 4.52. The van der Waals surface area contributed by atoms with Crippen molar-refractivity contribution < 1.29 is 27.4 Å². The summed E-state index contributed by atoms with van der Waals surface area (Å²) in [7, 11) is 2.72. The fourth-order valence-electron chi connectivity index (χ4n) is 2.02. The maximum absolute atomic E-state index is 12.6. The predicted octanol–water partition coefficient (Wildman–Crippen LogP) is 1.22. The number of hydrogen-bond donors (Lipinski definition) is 0. The Balaban J connectivity index is 1.97. The van der Waals surface area contributed by atoms with Crippen LogP contribution in [0.15, 0.2) is 39.9 Å². The Hall–Kier alpha value is -3.04. The molecule has 0 fully saturated rings. The van der Waals surface area contributed by atoms with Crippen LogP contribution < -0.4 is 16.0 Å². The van der Waals surface area contributed by atoms with Gasteiger partial charge in [-0.15, -0.1) is 0 Å². The van der Waals surface area contributed by atoms with Crippen molar-refractivity contribution >= 4 is 5.97 Å². The summed E-state index contributed by atoms with van der Waals surface area (Å²) in [6, 6.07) is 5.20. The average Bonchev–Trinajstić information content (AvgIpc) is 2.59. The van der Waals surface area contributed by atoms with E-state index in [-0.39, 0.29) is 18.1 Å². The van der Waals surface area contributed by atoms with Gasteiger partial charge in [-0.2, -0.15) is 13.2 Å². The molecule has 0 saturated heterocycles. The lowest BCUT2D eigenvalue weighted by Crippen LogP contribution is -2.38. The van der Waals surface area contributed by atoms with Crippen LogP contribution in [0.25, 0.3) is 0 Å². The first-order valence-corrected chi connectivity index (χ1v) is 7.31. The van der Waals surface area contributed by atoms with E-state index in [4.69, 9.17) is 9.47 Å². The number of rotatable bonds is 5. The third-order valence-corrected chi connectivity index (χ3v) is 3.52. The van der Waals surface area contributed by atoms with Gasteiger partial charge >= 0.3 is 17.8 Å². The van der Waals surface area contributed by atoms with E-state index >= 15 is 0 Å². The van der Waals surface area contributed by atoms with Gasteiger partial charge in [0.25, 0.3) is 5.56 Å². The van der Waals surface area contributed by atoms with Crippen molar-refractivity contribution in [2.45, 2.75) is 12.8 Å². The molecule has 0 aliphatic carbocycles. The number of ether oxygens (including phenoxy) is 2. The molecule has 0 bridgehead atoms. The molecule has 2 rings (SSSR count). The average molecular weight is 372 g/mol. The highest BCUT2D eigenvalue weighted by molar-refractivity contribution is 5.71. The summed E-state index contributed by atoms with van der Waals surface area (Å²) in [5.74, 6) is -1.01. The standard InChI is InChI=1S/C16H15F3N2O5/c1-20-11(7-13(22)21(2)15(20)24)8-26-14(23)9-25-12-5-3-4-10(6-12)16(17,18)19/h3-7H,8-9H2,1-2H3. The number of carbonyl (C=O) groups is 1. The van der Waals surface area contributed by atoms with Gasteiger partial charge in [0.05, 0.1) is 11.3 Å². The van der Waals surface area contributed by atoms with Gasteiger partial charge < -0.3 is 9.47 Å². The van der Waals surface area contributed by atoms with E-state index in [0.717, 1.165) is 33.4 Å². The quantitative estimate of drug-likeness (QED) is 0.738. The summed E-state index contributed by atoms with van der Waals surface area (Å²) >= 11 is 0. The zero-order chi connectivity index (χ0) is 19.5. The Morgan fingerprint density at radius 3 is 2.46 bits per heavy atom. The van der Waals surface area contributed by atoms with Crippen molar-refractivity contribution in [2.24, 2.45) is 14.1 Å². The Morgan fingerprint density at radius 1 is 1.12 bits per heavy atom. The first kappa shape index (κ1) is 19.3. The largest absolute Gasteiger partial charge is 0.482 e. The zero-order valence-electron chi connectivity index (χ0n) is 13.9. The summed E-state index contributed by atoms with van der Waals surface area (Å²) in [5, 5.41) is 0. The predicted molar refractivity (Wildman–Crippen MR) is 83.7 cm³/mol. The minimum Gasteiger partial charge on any atom is -0.482 e. The van der Waals surface area contributed by atoms with E-state index in [2.05, 4.69) is 0 Å². The van der Waals surface area contributed by atoms with E-state index in [1.807, 2.05) is 0 Å².